The summed E-state index contributed by atoms with van der Waals surface area (Å²) in [7, 11) is -3.52. The molecule has 0 heterocycles. The summed E-state index contributed by atoms with van der Waals surface area (Å²) in [6.45, 7) is 7.31. The summed E-state index contributed by atoms with van der Waals surface area (Å²) < 4.78 is 24.9. The maximum Gasteiger partial charge on any atom is 0.412 e. The van der Waals surface area contributed by atoms with Crippen molar-refractivity contribution in [3.05, 3.63) is 71.7 Å². The summed E-state index contributed by atoms with van der Waals surface area (Å²) in [4.78, 5) is 12.4. The SMILES string of the molecule is CCOP(=O)(/C(=C/c1ccccc1)NC(=O)OC(C)(C)C)c1ccccc1. The first-order valence-corrected chi connectivity index (χ1v) is 10.4. The fourth-order valence-electron chi connectivity index (χ4n) is 2.40. The molecular weight excluding hydrogens is 361 g/mol. The number of carbonyl (C=O) groups is 1. The fraction of sp³-hybridized carbons (Fsp3) is 0.286. The van der Waals surface area contributed by atoms with E-state index >= 15 is 0 Å². The molecule has 27 heavy (non-hydrogen) atoms. The number of nitrogens with one attached hydrogen (secondary N) is 1. The van der Waals surface area contributed by atoms with Crippen molar-refractivity contribution in [1.82, 2.24) is 5.32 Å². The minimum absolute atomic E-state index is 0.177. The minimum atomic E-state index is -3.52. The van der Waals surface area contributed by atoms with Crippen LogP contribution in [0.3, 0.4) is 0 Å². The van der Waals surface area contributed by atoms with Gasteiger partial charge in [-0.1, -0.05) is 48.5 Å². The zero-order valence-electron chi connectivity index (χ0n) is 16.1. The molecule has 1 unspecified atom stereocenters. The Labute approximate surface area is 160 Å². The first-order chi connectivity index (χ1) is 12.7. The van der Waals surface area contributed by atoms with Gasteiger partial charge < -0.3 is 9.26 Å². The summed E-state index contributed by atoms with van der Waals surface area (Å²) in [6, 6.07) is 18.2. The van der Waals surface area contributed by atoms with Gasteiger partial charge in [0.1, 0.15) is 11.0 Å². The highest BCUT2D eigenvalue weighted by atomic mass is 31.2. The number of amides is 1. The van der Waals surface area contributed by atoms with E-state index in [4.69, 9.17) is 9.26 Å². The number of carbonyl (C=O) groups excluding carboxylic acids is 1. The van der Waals surface area contributed by atoms with Crippen molar-refractivity contribution in [2.45, 2.75) is 33.3 Å². The standard InChI is InChI=1S/C21H26NO4P/c1-5-25-27(24,18-14-10-7-11-15-18)19(16-17-12-8-6-9-13-17)22-20(23)26-21(2,3)4/h6-16H,5H2,1-4H3,(H,22,23)/b19-16+. The number of hydrogen-bond donors (Lipinski definition) is 1. The molecule has 0 aliphatic carbocycles. The summed E-state index contributed by atoms with van der Waals surface area (Å²) in [5.41, 5.74) is 0.292. The molecule has 2 aromatic carbocycles. The number of rotatable bonds is 6. The monoisotopic (exact) mass is 387 g/mol. The van der Waals surface area contributed by atoms with Crippen LogP contribution in [0.2, 0.25) is 0 Å². The Kier molecular flexibility index (Phi) is 7.00. The van der Waals surface area contributed by atoms with E-state index in [1.54, 1.807) is 58.0 Å². The lowest BCUT2D eigenvalue weighted by molar-refractivity contribution is 0.0549. The Morgan fingerprint density at radius 2 is 1.59 bits per heavy atom. The fourth-order valence-corrected chi connectivity index (χ4v) is 4.45. The van der Waals surface area contributed by atoms with Crippen LogP contribution < -0.4 is 10.6 Å². The Balaban J connectivity index is 2.51. The van der Waals surface area contributed by atoms with E-state index in [0.717, 1.165) is 5.56 Å². The van der Waals surface area contributed by atoms with Gasteiger partial charge in [0.25, 0.3) is 7.37 Å². The van der Waals surface area contributed by atoms with Gasteiger partial charge in [0.15, 0.2) is 0 Å². The predicted octanol–water partition coefficient (Wildman–Crippen LogP) is 5.15. The second kappa shape index (κ2) is 9.03. The molecule has 1 amide bonds. The minimum Gasteiger partial charge on any atom is -0.444 e. The van der Waals surface area contributed by atoms with Gasteiger partial charge in [0.05, 0.1) is 6.61 Å². The van der Waals surface area contributed by atoms with Crippen LogP contribution in [0.25, 0.3) is 6.08 Å². The normalized spacial score (nSPS) is 14.3. The predicted molar refractivity (Wildman–Crippen MR) is 109 cm³/mol. The number of benzene rings is 2. The molecular formula is C21H26NO4P. The maximum atomic E-state index is 13.9. The molecule has 1 N–H and O–H groups in total. The molecule has 1 atom stereocenters. The van der Waals surface area contributed by atoms with E-state index in [1.807, 2.05) is 36.4 Å². The average molecular weight is 387 g/mol. The van der Waals surface area contributed by atoms with Crippen molar-refractivity contribution in [2.75, 3.05) is 6.61 Å². The van der Waals surface area contributed by atoms with E-state index < -0.39 is 19.1 Å². The maximum absolute atomic E-state index is 13.9. The highest BCUT2D eigenvalue weighted by Gasteiger charge is 2.33. The van der Waals surface area contributed by atoms with Gasteiger partial charge in [-0.15, -0.1) is 0 Å². The van der Waals surface area contributed by atoms with Crippen molar-refractivity contribution in [3.63, 3.8) is 0 Å². The second-order valence-corrected chi connectivity index (χ2v) is 9.23. The summed E-state index contributed by atoms with van der Waals surface area (Å²) in [5, 5.41) is 3.16. The van der Waals surface area contributed by atoms with Crippen LogP contribution >= 0.6 is 7.37 Å². The highest BCUT2D eigenvalue weighted by Crippen LogP contribution is 2.53. The topological polar surface area (TPSA) is 64.6 Å². The van der Waals surface area contributed by atoms with Crippen LogP contribution in [0, 0.1) is 0 Å². The molecule has 0 aliphatic heterocycles. The van der Waals surface area contributed by atoms with E-state index in [-0.39, 0.29) is 12.0 Å². The first kappa shape index (κ1) is 20.9. The molecule has 0 aliphatic rings. The Morgan fingerprint density at radius 3 is 2.11 bits per heavy atom. The summed E-state index contributed by atoms with van der Waals surface area (Å²) in [5.74, 6) is 0. The quantitative estimate of drug-likeness (QED) is 0.696. The lowest BCUT2D eigenvalue weighted by atomic mass is 10.2. The van der Waals surface area contributed by atoms with E-state index in [1.165, 1.54) is 0 Å². The van der Waals surface area contributed by atoms with E-state index in [2.05, 4.69) is 5.32 Å². The molecule has 6 heteroatoms. The molecule has 0 radical (unpaired) electrons. The summed E-state index contributed by atoms with van der Waals surface area (Å²) >= 11 is 0. The molecule has 0 saturated carbocycles. The van der Waals surface area contributed by atoms with Crippen LogP contribution in [-0.2, 0) is 13.8 Å². The lowest BCUT2D eigenvalue weighted by Crippen LogP contribution is -2.33. The third-order valence-corrected chi connectivity index (χ3v) is 5.93. The van der Waals surface area contributed by atoms with Crippen LogP contribution in [-0.4, -0.2) is 18.3 Å². The van der Waals surface area contributed by atoms with E-state index in [9.17, 15) is 9.36 Å². The Bertz CT molecular complexity index is 826. The van der Waals surface area contributed by atoms with Crippen LogP contribution in [0.5, 0.6) is 0 Å². The highest BCUT2D eigenvalue weighted by molar-refractivity contribution is 7.71. The molecule has 2 rings (SSSR count). The smallest absolute Gasteiger partial charge is 0.412 e. The van der Waals surface area contributed by atoms with Gasteiger partial charge in [-0.25, -0.2) is 4.79 Å². The van der Waals surface area contributed by atoms with Gasteiger partial charge in [-0.3, -0.25) is 9.88 Å². The van der Waals surface area contributed by atoms with Crippen LogP contribution in [0.1, 0.15) is 33.3 Å². The third kappa shape index (κ3) is 6.09. The Hall–Kier alpha value is -2.36. The van der Waals surface area contributed by atoms with Crippen LogP contribution in [0.15, 0.2) is 66.1 Å². The van der Waals surface area contributed by atoms with Crippen molar-refractivity contribution in [2.24, 2.45) is 0 Å². The molecule has 0 bridgehead atoms. The molecule has 0 fully saturated rings. The first-order valence-electron chi connectivity index (χ1n) is 8.82. The number of alkyl carbamates (subject to hydrolysis) is 1. The molecule has 2 aromatic rings. The zero-order valence-corrected chi connectivity index (χ0v) is 17.0. The lowest BCUT2D eigenvalue weighted by Gasteiger charge is -2.24. The van der Waals surface area contributed by atoms with Crippen molar-refractivity contribution >= 4 is 24.8 Å². The van der Waals surface area contributed by atoms with E-state index in [0.29, 0.717) is 5.30 Å². The third-order valence-electron chi connectivity index (χ3n) is 3.46. The number of ether oxygens (including phenoxy) is 1. The van der Waals surface area contributed by atoms with Crippen molar-refractivity contribution in [3.8, 4) is 0 Å². The average Bonchev–Trinajstić information content (AvgIpc) is 2.61. The molecule has 144 valence electrons. The van der Waals surface area contributed by atoms with Gasteiger partial charge in [0.2, 0.25) is 0 Å². The number of hydrogen-bond acceptors (Lipinski definition) is 4. The molecule has 0 aromatic heterocycles. The van der Waals surface area contributed by atoms with Crippen LogP contribution in [0.4, 0.5) is 4.79 Å². The van der Waals surface area contributed by atoms with Gasteiger partial charge in [-0.2, -0.15) is 0 Å². The van der Waals surface area contributed by atoms with Crippen molar-refractivity contribution < 1.29 is 18.6 Å². The Morgan fingerprint density at radius 1 is 1.04 bits per heavy atom. The zero-order chi connectivity index (χ0) is 19.9. The summed E-state index contributed by atoms with van der Waals surface area (Å²) in [6.07, 6.45) is 0.980. The second-order valence-electron chi connectivity index (χ2n) is 6.87. The van der Waals surface area contributed by atoms with Gasteiger partial charge >= 0.3 is 6.09 Å². The van der Waals surface area contributed by atoms with Crippen molar-refractivity contribution in [1.29, 1.82) is 0 Å². The molecule has 0 saturated heterocycles. The molecule has 5 nitrogen and oxygen atoms in total. The molecule has 0 spiro atoms. The van der Waals surface area contributed by atoms with Gasteiger partial charge in [0, 0.05) is 5.30 Å². The van der Waals surface area contributed by atoms with Gasteiger partial charge in [-0.05, 0) is 51.5 Å². The largest absolute Gasteiger partial charge is 0.444 e.